The van der Waals surface area contributed by atoms with Crippen LogP contribution >= 0.6 is 15.9 Å². The van der Waals surface area contributed by atoms with E-state index in [0.29, 0.717) is 19.6 Å². The predicted octanol–water partition coefficient (Wildman–Crippen LogP) is 2.94. The molecule has 1 spiro atoms. The molecule has 7 nitrogen and oxygen atoms in total. The summed E-state index contributed by atoms with van der Waals surface area (Å²) in [5.74, 6) is -3.40. The summed E-state index contributed by atoms with van der Waals surface area (Å²) in [6, 6.07) is 0. The molecule has 0 aromatic heterocycles. The van der Waals surface area contributed by atoms with Crippen molar-refractivity contribution < 1.29 is 34.4 Å². The Morgan fingerprint density at radius 3 is 2.47 bits per heavy atom. The minimum atomic E-state index is -1.32. The van der Waals surface area contributed by atoms with Crippen molar-refractivity contribution in [3.63, 3.8) is 0 Å². The molecule has 1 aromatic carbocycles. The van der Waals surface area contributed by atoms with Gasteiger partial charge in [-0.3, -0.25) is 9.59 Å². The molecule has 3 N–H and O–H groups in total. The van der Waals surface area contributed by atoms with Crippen LogP contribution in [0.2, 0.25) is 0 Å². The van der Waals surface area contributed by atoms with E-state index in [4.69, 9.17) is 9.47 Å². The second kappa shape index (κ2) is 6.75. The van der Waals surface area contributed by atoms with Gasteiger partial charge in [0, 0.05) is 33.9 Å². The maximum absolute atomic E-state index is 13.4. The van der Waals surface area contributed by atoms with E-state index < -0.39 is 34.0 Å². The van der Waals surface area contributed by atoms with Gasteiger partial charge in [0.1, 0.15) is 11.5 Å². The van der Waals surface area contributed by atoms with Gasteiger partial charge in [0.15, 0.2) is 11.6 Å². The summed E-state index contributed by atoms with van der Waals surface area (Å²) in [5, 5.41) is 32.5. The number of aromatic hydroxyl groups is 2. The molecule has 1 fully saturated rings. The van der Waals surface area contributed by atoms with Gasteiger partial charge in [0.05, 0.1) is 36.0 Å². The normalized spacial score (nSPS) is 29.2. The minimum Gasteiger partial charge on any atom is -0.507 e. The van der Waals surface area contributed by atoms with Crippen molar-refractivity contribution in [3.05, 3.63) is 39.5 Å². The number of Topliss-reactive ketones (excluding diaryl/α,β-unsaturated/α-hetero) is 2. The van der Waals surface area contributed by atoms with E-state index in [2.05, 4.69) is 15.9 Å². The van der Waals surface area contributed by atoms with Crippen molar-refractivity contribution in [3.8, 4) is 11.5 Å². The third-order valence-corrected chi connectivity index (χ3v) is 7.33. The Kier molecular flexibility index (Phi) is 4.49. The van der Waals surface area contributed by atoms with E-state index in [1.165, 1.54) is 0 Å². The Labute approximate surface area is 181 Å². The first kappa shape index (κ1) is 19.9. The maximum atomic E-state index is 13.4. The van der Waals surface area contributed by atoms with E-state index in [0.717, 1.165) is 0 Å². The van der Waals surface area contributed by atoms with Gasteiger partial charge in [-0.2, -0.15) is 0 Å². The molecule has 3 unspecified atom stereocenters. The number of carbonyl (C=O) groups is 2. The second-order valence-electron chi connectivity index (χ2n) is 8.09. The van der Waals surface area contributed by atoms with E-state index in [-0.39, 0.29) is 57.9 Å². The van der Waals surface area contributed by atoms with Crippen molar-refractivity contribution in [1.29, 1.82) is 0 Å². The number of phenols is 2. The Balaban J connectivity index is 1.80. The van der Waals surface area contributed by atoms with Gasteiger partial charge in [0.2, 0.25) is 5.79 Å². The fourth-order valence-corrected chi connectivity index (χ4v) is 6.09. The number of halogens is 1. The Bertz CT molecular complexity index is 1050. The number of benzene rings is 1. The molecule has 30 heavy (non-hydrogen) atoms. The number of alkyl halides is 1. The SMILES string of the molecule is CCC1C=Cc2c(O)c3c(c(O)c2C12OCCO2)C(=O)C1=C(C3=O)C(Br)CC(O)C1. The quantitative estimate of drug-likeness (QED) is 0.421. The maximum Gasteiger partial charge on any atom is 0.205 e. The number of phenolic OH excluding ortho intramolecular Hbond substituents is 2. The summed E-state index contributed by atoms with van der Waals surface area (Å²) in [5.41, 5.74) is 0.369. The zero-order chi connectivity index (χ0) is 21.4. The number of rotatable bonds is 1. The Hall–Kier alpha value is -2.00. The highest BCUT2D eigenvalue weighted by atomic mass is 79.9. The number of carbonyl (C=O) groups excluding carboxylic acids is 2. The molecular formula is C22H21BrO7. The van der Waals surface area contributed by atoms with Gasteiger partial charge in [-0.05, 0) is 12.8 Å². The van der Waals surface area contributed by atoms with Crippen molar-refractivity contribution in [2.75, 3.05) is 13.2 Å². The topological polar surface area (TPSA) is 113 Å². The van der Waals surface area contributed by atoms with Crippen molar-refractivity contribution >= 4 is 33.6 Å². The lowest BCUT2D eigenvalue weighted by Crippen LogP contribution is -2.39. The number of fused-ring (bicyclic) bond motifs is 3. The van der Waals surface area contributed by atoms with Gasteiger partial charge < -0.3 is 24.8 Å². The van der Waals surface area contributed by atoms with Crippen molar-refractivity contribution in [2.45, 2.75) is 42.9 Å². The lowest BCUT2D eigenvalue weighted by atomic mass is 9.72. The van der Waals surface area contributed by atoms with Crippen LogP contribution in [-0.2, 0) is 15.3 Å². The first-order chi connectivity index (χ1) is 14.3. The minimum absolute atomic E-state index is 0.0222. The molecule has 158 valence electrons. The van der Waals surface area contributed by atoms with E-state index in [1.807, 2.05) is 13.0 Å². The van der Waals surface area contributed by atoms with Gasteiger partial charge in [-0.1, -0.05) is 35.0 Å². The molecule has 0 saturated carbocycles. The molecule has 0 amide bonds. The first-order valence-electron chi connectivity index (χ1n) is 10.0. The molecule has 0 bridgehead atoms. The highest BCUT2D eigenvalue weighted by molar-refractivity contribution is 9.09. The number of hydrogen-bond acceptors (Lipinski definition) is 7. The Morgan fingerprint density at radius 2 is 1.80 bits per heavy atom. The van der Waals surface area contributed by atoms with Crippen LogP contribution in [0.4, 0.5) is 0 Å². The van der Waals surface area contributed by atoms with Crippen LogP contribution in [0.5, 0.6) is 11.5 Å². The number of ether oxygens (including phenoxy) is 2. The van der Waals surface area contributed by atoms with E-state index in [9.17, 15) is 24.9 Å². The summed E-state index contributed by atoms with van der Waals surface area (Å²) < 4.78 is 11.9. The highest BCUT2D eigenvalue weighted by Gasteiger charge is 2.53. The van der Waals surface area contributed by atoms with Gasteiger partial charge >= 0.3 is 0 Å². The number of aliphatic hydroxyl groups is 1. The monoisotopic (exact) mass is 476 g/mol. The van der Waals surface area contributed by atoms with Crippen LogP contribution in [0.1, 0.15) is 58.0 Å². The molecule has 1 heterocycles. The number of allylic oxidation sites excluding steroid dienone is 1. The smallest absolute Gasteiger partial charge is 0.205 e. The second-order valence-corrected chi connectivity index (χ2v) is 9.19. The molecule has 5 rings (SSSR count). The zero-order valence-electron chi connectivity index (χ0n) is 16.3. The van der Waals surface area contributed by atoms with Crippen LogP contribution in [-0.4, -0.2) is 51.0 Å². The average molecular weight is 477 g/mol. The summed E-state index contributed by atoms with van der Waals surface area (Å²) in [7, 11) is 0. The van der Waals surface area contributed by atoms with Crippen molar-refractivity contribution in [1.82, 2.24) is 0 Å². The molecule has 3 aliphatic carbocycles. The molecule has 1 aliphatic heterocycles. The standard InChI is InChI=1S/C22H21BrO7/c1-2-9-3-4-11-17(22(9)29-5-6-30-22)21(28)16-15(18(11)25)20(27)14-12(19(16)26)7-10(24)8-13(14)23/h3-4,9-10,13,24-25,28H,2,5-8H2,1H3. The van der Waals surface area contributed by atoms with Gasteiger partial charge in [0.25, 0.3) is 0 Å². The van der Waals surface area contributed by atoms with Crippen LogP contribution in [0.15, 0.2) is 17.2 Å². The van der Waals surface area contributed by atoms with Crippen LogP contribution in [0, 0.1) is 5.92 Å². The number of hydrogen-bond donors (Lipinski definition) is 3. The molecule has 3 atom stereocenters. The third kappa shape index (κ3) is 2.42. The molecular weight excluding hydrogens is 456 g/mol. The highest BCUT2D eigenvalue weighted by Crippen LogP contribution is 2.55. The summed E-state index contributed by atoms with van der Waals surface area (Å²) in [6.07, 6.45) is 3.66. The number of aliphatic hydroxyl groups excluding tert-OH is 1. The predicted molar refractivity (Wildman–Crippen MR) is 110 cm³/mol. The van der Waals surface area contributed by atoms with Gasteiger partial charge in [-0.25, -0.2) is 0 Å². The molecule has 1 aromatic rings. The molecule has 0 radical (unpaired) electrons. The first-order valence-corrected chi connectivity index (χ1v) is 11.0. The van der Waals surface area contributed by atoms with Crippen LogP contribution in [0.25, 0.3) is 6.08 Å². The summed E-state index contributed by atoms with van der Waals surface area (Å²) in [6.45, 7) is 2.56. The van der Waals surface area contributed by atoms with Gasteiger partial charge in [-0.15, -0.1) is 0 Å². The van der Waals surface area contributed by atoms with Crippen molar-refractivity contribution in [2.24, 2.45) is 5.92 Å². The summed E-state index contributed by atoms with van der Waals surface area (Å²) >= 11 is 3.39. The molecule has 8 heteroatoms. The zero-order valence-corrected chi connectivity index (χ0v) is 17.9. The van der Waals surface area contributed by atoms with E-state index >= 15 is 0 Å². The van der Waals surface area contributed by atoms with Crippen LogP contribution < -0.4 is 0 Å². The molecule has 1 saturated heterocycles. The number of ketones is 2. The van der Waals surface area contributed by atoms with Crippen LogP contribution in [0.3, 0.4) is 0 Å². The third-order valence-electron chi connectivity index (χ3n) is 6.50. The lowest BCUT2D eigenvalue weighted by molar-refractivity contribution is -0.196. The average Bonchev–Trinajstić information content (AvgIpc) is 3.17. The largest absolute Gasteiger partial charge is 0.507 e. The summed E-state index contributed by atoms with van der Waals surface area (Å²) in [4.78, 5) is 26.2. The fourth-order valence-electron chi connectivity index (χ4n) is 5.17. The molecule has 4 aliphatic rings. The lowest BCUT2D eigenvalue weighted by Gasteiger charge is -2.39. The van der Waals surface area contributed by atoms with E-state index in [1.54, 1.807) is 6.08 Å². The Morgan fingerprint density at radius 1 is 1.13 bits per heavy atom. The fraction of sp³-hybridized carbons (Fsp3) is 0.455.